The molecule has 5 nitrogen and oxygen atoms in total. The zero-order chi connectivity index (χ0) is 12.0. The maximum absolute atomic E-state index is 11.5. The number of nitrogens with zero attached hydrogens (tertiary/aromatic N) is 1. The van der Waals surface area contributed by atoms with E-state index < -0.39 is 6.10 Å². The molecule has 2 N–H and O–H groups in total. The van der Waals surface area contributed by atoms with Crippen molar-refractivity contribution in [3.8, 4) is 5.88 Å². The lowest BCUT2D eigenvalue weighted by atomic mass is 10.2. The maximum atomic E-state index is 11.5. The van der Waals surface area contributed by atoms with Crippen LogP contribution in [0.5, 0.6) is 5.88 Å². The minimum absolute atomic E-state index is 0.228. The number of aromatic nitrogens is 1. The van der Waals surface area contributed by atoms with Crippen LogP contribution in [-0.4, -0.2) is 35.3 Å². The minimum Gasteiger partial charge on any atom is -0.478 e. The summed E-state index contributed by atoms with van der Waals surface area (Å²) in [5, 5.41) is 11.6. The second-order valence-corrected chi connectivity index (χ2v) is 3.38. The molecule has 0 bridgehead atoms. The Morgan fingerprint density at radius 2 is 2.38 bits per heavy atom. The Bertz CT molecular complexity index is 336. The van der Waals surface area contributed by atoms with Crippen LogP contribution in [0.4, 0.5) is 0 Å². The smallest absolute Gasteiger partial charge is 0.252 e. The Balaban J connectivity index is 2.56. The molecule has 5 heteroatoms. The molecule has 1 aromatic rings. The Morgan fingerprint density at radius 3 is 2.88 bits per heavy atom. The second-order valence-electron chi connectivity index (χ2n) is 3.38. The van der Waals surface area contributed by atoms with Gasteiger partial charge in [0.1, 0.15) is 0 Å². The highest BCUT2D eigenvalue weighted by Gasteiger charge is 2.06. The van der Waals surface area contributed by atoms with E-state index in [0.29, 0.717) is 18.1 Å². The Kier molecular flexibility index (Phi) is 4.72. The van der Waals surface area contributed by atoms with Gasteiger partial charge < -0.3 is 15.2 Å². The first kappa shape index (κ1) is 12.4. The lowest BCUT2D eigenvalue weighted by Gasteiger charge is -2.07. The fourth-order valence-electron chi connectivity index (χ4n) is 1.09. The third-order valence-corrected chi connectivity index (χ3v) is 1.85. The monoisotopic (exact) mass is 224 g/mol. The van der Waals surface area contributed by atoms with E-state index in [2.05, 4.69) is 10.3 Å². The summed E-state index contributed by atoms with van der Waals surface area (Å²) in [5.74, 6) is 0.242. The van der Waals surface area contributed by atoms with Gasteiger partial charge in [0.25, 0.3) is 5.91 Å². The molecule has 0 fully saturated rings. The number of amides is 1. The van der Waals surface area contributed by atoms with Crippen molar-refractivity contribution in [2.24, 2.45) is 0 Å². The van der Waals surface area contributed by atoms with Gasteiger partial charge in [0, 0.05) is 18.8 Å². The molecule has 1 heterocycles. The Labute approximate surface area is 94.5 Å². The van der Waals surface area contributed by atoms with Crippen molar-refractivity contribution in [2.45, 2.75) is 20.0 Å². The van der Waals surface area contributed by atoms with E-state index in [9.17, 15) is 4.79 Å². The van der Waals surface area contributed by atoms with E-state index in [0.717, 1.165) is 0 Å². The summed E-state index contributed by atoms with van der Waals surface area (Å²) in [4.78, 5) is 15.5. The second kappa shape index (κ2) is 6.07. The summed E-state index contributed by atoms with van der Waals surface area (Å²) in [6.07, 6.45) is 0.891. The highest BCUT2D eigenvalue weighted by Crippen LogP contribution is 2.07. The van der Waals surface area contributed by atoms with Gasteiger partial charge in [0.05, 0.1) is 18.3 Å². The summed E-state index contributed by atoms with van der Waals surface area (Å²) >= 11 is 0. The van der Waals surface area contributed by atoms with Crippen LogP contribution < -0.4 is 10.1 Å². The minimum atomic E-state index is -0.556. The standard InChI is InChI=1S/C11H16N2O3/c1-3-16-10-5-4-9(7-12-10)11(15)13-6-8(2)14/h4-5,7-8,14H,3,6H2,1-2H3,(H,13,15). The zero-order valence-electron chi connectivity index (χ0n) is 9.43. The number of aliphatic hydroxyl groups excluding tert-OH is 1. The normalized spacial score (nSPS) is 11.9. The van der Waals surface area contributed by atoms with Gasteiger partial charge in [-0.1, -0.05) is 0 Å². The molecule has 16 heavy (non-hydrogen) atoms. The third kappa shape index (κ3) is 3.86. The number of carbonyl (C=O) groups excluding carboxylic acids is 1. The van der Waals surface area contributed by atoms with E-state index in [-0.39, 0.29) is 12.5 Å². The summed E-state index contributed by atoms with van der Waals surface area (Å²) < 4.78 is 5.16. The summed E-state index contributed by atoms with van der Waals surface area (Å²) in [7, 11) is 0. The third-order valence-electron chi connectivity index (χ3n) is 1.85. The van der Waals surface area contributed by atoms with Crippen molar-refractivity contribution in [2.75, 3.05) is 13.2 Å². The molecule has 0 aromatic carbocycles. The van der Waals surface area contributed by atoms with Crippen molar-refractivity contribution in [1.82, 2.24) is 10.3 Å². The summed E-state index contributed by atoms with van der Waals surface area (Å²) in [6.45, 7) is 4.24. The number of hydrogen-bond donors (Lipinski definition) is 2. The molecule has 0 saturated heterocycles. The maximum Gasteiger partial charge on any atom is 0.252 e. The molecule has 1 aromatic heterocycles. The van der Waals surface area contributed by atoms with Gasteiger partial charge >= 0.3 is 0 Å². The van der Waals surface area contributed by atoms with Gasteiger partial charge in [-0.3, -0.25) is 4.79 Å². The molecule has 1 atom stereocenters. The number of rotatable bonds is 5. The highest BCUT2D eigenvalue weighted by molar-refractivity contribution is 5.93. The van der Waals surface area contributed by atoms with Gasteiger partial charge in [-0.15, -0.1) is 0 Å². The summed E-state index contributed by atoms with van der Waals surface area (Å²) in [6, 6.07) is 3.27. The van der Waals surface area contributed by atoms with Crippen LogP contribution in [0, 0.1) is 0 Å². The van der Waals surface area contributed by atoms with Crippen LogP contribution in [0.1, 0.15) is 24.2 Å². The predicted octanol–water partition coefficient (Wildman–Crippen LogP) is 0.591. The van der Waals surface area contributed by atoms with E-state index >= 15 is 0 Å². The zero-order valence-corrected chi connectivity index (χ0v) is 9.43. The lowest BCUT2D eigenvalue weighted by Crippen LogP contribution is -2.30. The van der Waals surface area contributed by atoms with Gasteiger partial charge in [0.2, 0.25) is 5.88 Å². The molecular weight excluding hydrogens is 208 g/mol. The van der Waals surface area contributed by atoms with E-state index in [4.69, 9.17) is 9.84 Å². The average molecular weight is 224 g/mol. The quantitative estimate of drug-likeness (QED) is 0.768. The van der Waals surface area contributed by atoms with Gasteiger partial charge in [-0.25, -0.2) is 4.98 Å². The molecular formula is C11H16N2O3. The fraction of sp³-hybridized carbons (Fsp3) is 0.455. The van der Waals surface area contributed by atoms with Crippen molar-refractivity contribution < 1.29 is 14.6 Å². The van der Waals surface area contributed by atoms with Crippen molar-refractivity contribution >= 4 is 5.91 Å². The molecule has 1 unspecified atom stereocenters. The van der Waals surface area contributed by atoms with E-state index in [1.165, 1.54) is 6.20 Å². The number of aliphatic hydroxyl groups is 1. The van der Waals surface area contributed by atoms with Crippen LogP contribution in [0.15, 0.2) is 18.3 Å². The first-order valence-electron chi connectivity index (χ1n) is 5.18. The number of hydrogen-bond acceptors (Lipinski definition) is 4. The first-order valence-corrected chi connectivity index (χ1v) is 5.18. The number of pyridine rings is 1. The van der Waals surface area contributed by atoms with Crippen molar-refractivity contribution in [3.63, 3.8) is 0 Å². The number of nitrogens with one attached hydrogen (secondary N) is 1. The van der Waals surface area contributed by atoms with Crippen LogP contribution in [0.25, 0.3) is 0 Å². The van der Waals surface area contributed by atoms with Crippen molar-refractivity contribution in [3.05, 3.63) is 23.9 Å². The van der Waals surface area contributed by atoms with Crippen LogP contribution in [0.2, 0.25) is 0 Å². The van der Waals surface area contributed by atoms with Crippen LogP contribution in [0.3, 0.4) is 0 Å². The highest BCUT2D eigenvalue weighted by atomic mass is 16.5. The molecule has 0 aliphatic rings. The van der Waals surface area contributed by atoms with Crippen molar-refractivity contribution in [1.29, 1.82) is 0 Å². The molecule has 0 saturated carbocycles. The van der Waals surface area contributed by atoms with Crippen LogP contribution in [-0.2, 0) is 0 Å². The summed E-state index contributed by atoms with van der Waals surface area (Å²) in [5.41, 5.74) is 0.448. The Morgan fingerprint density at radius 1 is 1.62 bits per heavy atom. The molecule has 0 spiro atoms. The average Bonchev–Trinajstić information content (AvgIpc) is 2.27. The molecule has 0 aliphatic heterocycles. The number of ether oxygens (including phenoxy) is 1. The fourth-order valence-corrected chi connectivity index (χ4v) is 1.09. The Hall–Kier alpha value is -1.62. The molecule has 0 aliphatic carbocycles. The topological polar surface area (TPSA) is 71.5 Å². The van der Waals surface area contributed by atoms with Gasteiger partial charge in [-0.2, -0.15) is 0 Å². The lowest BCUT2D eigenvalue weighted by molar-refractivity contribution is 0.0923. The largest absolute Gasteiger partial charge is 0.478 e. The molecule has 88 valence electrons. The van der Waals surface area contributed by atoms with Crippen LogP contribution >= 0.6 is 0 Å². The molecule has 1 amide bonds. The number of carbonyl (C=O) groups is 1. The van der Waals surface area contributed by atoms with E-state index in [1.807, 2.05) is 6.92 Å². The predicted molar refractivity (Wildman–Crippen MR) is 59.4 cm³/mol. The van der Waals surface area contributed by atoms with Gasteiger partial charge in [0.15, 0.2) is 0 Å². The SMILES string of the molecule is CCOc1ccc(C(=O)NCC(C)O)cn1. The molecule has 1 rings (SSSR count). The van der Waals surface area contributed by atoms with E-state index in [1.54, 1.807) is 19.1 Å². The first-order chi connectivity index (χ1) is 7.63. The van der Waals surface area contributed by atoms with Gasteiger partial charge in [-0.05, 0) is 19.9 Å². The molecule has 0 radical (unpaired) electrons.